The molecule has 1 N–H and O–H groups in total. The molecular weight excluding hydrogens is 216 g/mol. The zero-order valence-corrected chi connectivity index (χ0v) is 10.9. The molecule has 0 aromatic carbocycles. The van der Waals surface area contributed by atoms with Crippen LogP contribution in [-0.2, 0) is 11.8 Å². The second-order valence-electron chi connectivity index (χ2n) is 4.83. The van der Waals surface area contributed by atoms with Crippen LogP contribution in [0.25, 0.3) is 0 Å². The number of carbonyl (C=O) groups excluding carboxylic acids is 1. The zero-order chi connectivity index (χ0) is 12.6. The second kappa shape index (κ2) is 4.49. The summed E-state index contributed by atoms with van der Waals surface area (Å²) in [4.78, 5) is 13.6. The highest BCUT2D eigenvalue weighted by Crippen LogP contribution is 2.19. The molecule has 1 fully saturated rings. The van der Waals surface area contributed by atoms with Crippen LogP contribution < -0.4 is 5.32 Å². The minimum absolute atomic E-state index is 0.0467. The number of nitrogens with zero attached hydrogens (tertiary/aromatic N) is 3. The van der Waals surface area contributed by atoms with Crippen molar-refractivity contribution in [2.24, 2.45) is 7.05 Å². The smallest absolute Gasteiger partial charge is 0.239 e. The summed E-state index contributed by atoms with van der Waals surface area (Å²) >= 11 is 0. The maximum Gasteiger partial charge on any atom is 0.239 e. The zero-order valence-electron chi connectivity index (χ0n) is 10.9. The molecule has 1 amide bonds. The summed E-state index contributed by atoms with van der Waals surface area (Å²) in [6, 6.07) is 0.110. The van der Waals surface area contributed by atoms with Gasteiger partial charge in [-0.05, 0) is 20.3 Å². The van der Waals surface area contributed by atoms with Crippen molar-refractivity contribution in [2.45, 2.75) is 32.4 Å². The highest BCUT2D eigenvalue weighted by Gasteiger charge is 2.30. The first-order valence-corrected chi connectivity index (χ1v) is 6.00. The fourth-order valence-corrected chi connectivity index (χ4v) is 2.41. The molecule has 0 spiro atoms. The SMILES string of the molecule is Cc1nn(C)cc1C(C)NC1CCN(C)C1=O. The third kappa shape index (κ3) is 2.34. The first-order valence-electron chi connectivity index (χ1n) is 6.00. The minimum atomic E-state index is -0.0467. The highest BCUT2D eigenvalue weighted by atomic mass is 16.2. The van der Waals surface area contributed by atoms with Gasteiger partial charge in [0, 0.05) is 38.4 Å². The Morgan fingerprint density at radius 3 is 2.71 bits per heavy atom. The number of hydrogen-bond acceptors (Lipinski definition) is 3. The summed E-state index contributed by atoms with van der Waals surface area (Å²) in [7, 11) is 3.77. The largest absolute Gasteiger partial charge is 0.344 e. The average molecular weight is 236 g/mol. The van der Waals surface area contributed by atoms with Crippen LogP contribution in [0.4, 0.5) is 0 Å². The van der Waals surface area contributed by atoms with E-state index < -0.39 is 0 Å². The molecule has 94 valence electrons. The van der Waals surface area contributed by atoms with Gasteiger partial charge in [-0.25, -0.2) is 0 Å². The quantitative estimate of drug-likeness (QED) is 0.836. The number of aryl methyl sites for hydroxylation is 2. The van der Waals surface area contributed by atoms with Crippen LogP contribution in [-0.4, -0.2) is 40.2 Å². The monoisotopic (exact) mass is 236 g/mol. The number of amides is 1. The van der Waals surface area contributed by atoms with Crippen LogP contribution in [0, 0.1) is 6.92 Å². The molecule has 1 aliphatic heterocycles. The topological polar surface area (TPSA) is 50.2 Å². The average Bonchev–Trinajstić information content (AvgIpc) is 2.75. The van der Waals surface area contributed by atoms with Crippen molar-refractivity contribution in [1.29, 1.82) is 0 Å². The van der Waals surface area contributed by atoms with Crippen LogP contribution in [0.5, 0.6) is 0 Å². The summed E-state index contributed by atoms with van der Waals surface area (Å²) in [5, 5.41) is 7.71. The number of likely N-dealkylation sites (tertiary alicyclic amines) is 1. The standard InChI is InChI=1S/C12H20N4O/c1-8(10-7-16(4)14-9(10)2)13-11-5-6-15(3)12(11)17/h7-8,11,13H,5-6H2,1-4H3. The first kappa shape index (κ1) is 12.1. The molecule has 2 atom stereocenters. The fourth-order valence-electron chi connectivity index (χ4n) is 2.41. The Morgan fingerprint density at radius 1 is 1.53 bits per heavy atom. The molecule has 2 heterocycles. The number of likely N-dealkylation sites (N-methyl/N-ethyl adjacent to an activating group) is 1. The molecule has 1 aliphatic rings. The minimum Gasteiger partial charge on any atom is -0.344 e. The summed E-state index contributed by atoms with van der Waals surface area (Å²) in [5.41, 5.74) is 2.18. The lowest BCUT2D eigenvalue weighted by Gasteiger charge is -2.18. The van der Waals surface area contributed by atoms with Crippen molar-refractivity contribution >= 4 is 5.91 Å². The number of nitrogens with one attached hydrogen (secondary N) is 1. The van der Waals surface area contributed by atoms with E-state index in [1.807, 2.05) is 31.9 Å². The van der Waals surface area contributed by atoms with Gasteiger partial charge in [0.05, 0.1) is 11.7 Å². The molecule has 0 bridgehead atoms. The summed E-state index contributed by atoms with van der Waals surface area (Å²) in [5.74, 6) is 0.193. The van der Waals surface area contributed by atoms with Crippen LogP contribution in [0.15, 0.2) is 6.20 Å². The molecule has 0 radical (unpaired) electrons. The second-order valence-corrected chi connectivity index (χ2v) is 4.83. The van der Waals surface area contributed by atoms with E-state index in [1.165, 1.54) is 0 Å². The van der Waals surface area contributed by atoms with E-state index in [-0.39, 0.29) is 18.0 Å². The Balaban J connectivity index is 2.05. The predicted molar refractivity (Wildman–Crippen MR) is 65.5 cm³/mol. The van der Waals surface area contributed by atoms with Gasteiger partial charge in [0.25, 0.3) is 0 Å². The van der Waals surface area contributed by atoms with E-state index >= 15 is 0 Å². The normalized spacial score (nSPS) is 22.2. The fraction of sp³-hybridized carbons (Fsp3) is 0.667. The van der Waals surface area contributed by atoms with Gasteiger partial charge in [0.15, 0.2) is 0 Å². The summed E-state index contributed by atoms with van der Waals surface area (Å²) in [6.45, 7) is 4.92. The van der Waals surface area contributed by atoms with Gasteiger partial charge in [-0.3, -0.25) is 14.8 Å². The van der Waals surface area contributed by atoms with Gasteiger partial charge in [0.2, 0.25) is 5.91 Å². The molecule has 1 saturated heterocycles. The molecule has 2 rings (SSSR count). The maximum atomic E-state index is 11.8. The first-order chi connectivity index (χ1) is 7.99. The molecule has 2 unspecified atom stereocenters. The van der Waals surface area contributed by atoms with Crippen LogP contribution in [0.3, 0.4) is 0 Å². The van der Waals surface area contributed by atoms with Crippen molar-refractivity contribution in [3.8, 4) is 0 Å². The van der Waals surface area contributed by atoms with Crippen molar-refractivity contribution in [3.05, 3.63) is 17.5 Å². The van der Waals surface area contributed by atoms with Gasteiger partial charge in [-0.2, -0.15) is 5.10 Å². The Hall–Kier alpha value is -1.36. The van der Waals surface area contributed by atoms with E-state index in [4.69, 9.17) is 0 Å². The molecular formula is C12H20N4O. The lowest BCUT2D eigenvalue weighted by atomic mass is 10.1. The van der Waals surface area contributed by atoms with E-state index in [9.17, 15) is 4.79 Å². The Kier molecular flexibility index (Phi) is 3.19. The van der Waals surface area contributed by atoms with Gasteiger partial charge < -0.3 is 4.90 Å². The van der Waals surface area contributed by atoms with Gasteiger partial charge in [-0.15, -0.1) is 0 Å². The maximum absolute atomic E-state index is 11.8. The molecule has 1 aromatic rings. The number of hydrogen-bond donors (Lipinski definition) is 1. The summed E-state index contributed by atoms with van der Waals surface area (Å²) < 4.78 is 1.81. The predicted octanol–water partition coefficient (Wildman–Crippen LogP) is 0.610. The van der Waals surface area contributed by atoms with Crippen molar-refractivity contribution < 1.29 is 4.79 Å². The number of carbonyl (C=O) groups is 1. The lowest BCUT2D eigenvalue weighted by Crippen LogP contribution is -2.38. The molecule has 1 aromatic heterocycles. The molecule has 0 aliphatic carbocycles. The van der Waals surface area contributed by atoms with Crippen LogP contribution in [0.1, 0.15) is 30.6 Å². The third-order valence-corrected chi connectivity index (χ3v) is 3.40. The van der Waals surface area contributed by atoms with Crippen LogP contribution >= 0.6 is 0 Å². The van der Waals surface area contributed by atoms with E-state index in [1.54, 1.807) is 4.90 Å². The van der Waals surface area contributed by atoms with E-state index in [0.29, 0.717) is 0 Å². The Bertz CT molecular complexity index is 426. The molecule has 0 saturated carbocycles. The number of rotatable bonds is 3. The van der Waals surface area contributed by atoms with E-state index in [0.717, 1.165) is 24.2 Å². The third-order valence-electron chi connectivity index (χ3n) is 3.40. The van der Waals surface area contributed by atoms with Gasteiger partial charge >= 0.3 is 0 Å². The number of aromatic nitrogens is 2. The van der Waals surface area contributed by atoms with Crippen molar-refractivity contribution in [3.63, 3.8) is 0 Å². The van der Waals surface area contributed by atoms with Gasteiger partial charge in [0.1, 0.15) is 0 Å². The van der Waals surface area contributed by atoms with Gasteiger partial charge in [-0.1, -0.05) is 0 Å². The molecule has 17 heavy (non-hydrogen) atoms. The van der Waals surface area contributed by atoms with Crippen molar-refractivity contribution in [2.75, 3.05) is 13.6 Å². The van der Waals surface area contributed by atoms with Crippen LogP contribution in [0.2, 0.25) is 0 Å². The highest BCUT2D eigenvalue weighted by molar-refractivity contribution is 5.83. The molecule has 5 heteroatoms. The summed E-state index contributed by atoms with van der Waals surface area (Å²) in [6.07, 6.45) is 2.90. The van der Waals surface area contributed by atoms with E-state index in [2.05, 4.69) is 17.3 Å². The van der Waals surface area contributed by atoms with Crippen molar-refractivity contribution in [1.82, 2.24) is 20.0 Å². The Morgan fingerprint density at radius 2 is 2.24 bits per heavy atom. The molecule has 5 nitrogen and oxygen atoms in total. The lowest BCUT2D eigenvalue weighted by molar-refractivity contribution is -0.128. The Labute approximate surface area is 102 Å².